The van der Waals surface area contributed by atoms with Gasteiger partial charge in [-0.2, -0.15) is 0 Å². The van der Waals surface area contributed by atoms with Crippen LogP contribution in [0.3, 0.4) is 0 Å². The van der Waals surface area contributed by atoms with E-state index in [-0.39, 0.29) is 5.02 Å². The molecule has 2 bridgehead atoms. The van der Waals surface area contributed by atoms with E-state index >= 15 is 0 Å². The summed E-state index contributed by atoms with van der Waals surface area (Å²) in [7, 11) is 1.60. The molecule has 0 spiro atoms. The quantitative estimate of drug-likeness (QED) is 0.605. The van der Waals surface area contributed by atoms with Gasteiger partial charge in [-0.15, -0.1) is 0 Å². The largest absolute Gasteiger partial charge is 0.493 e. The minimum Gasteiger partial charge on any atom is -0.493 e. The van der Waals surface area contributed by atoms with E-state index in [9.17, 15) is 4.39 Å². The molecule has 0 aliphatic carbocycles. The number of halogens is 2. The molecule has 2 aliphatic heterocycles. The first-order chi connectivity index (χ1) is 15.1. The van der Waals surface area contributed by atoms with Crippen LogP contribution in [0.25, 0.3) is 10.9 Å². The van der Waals surface area contributed by atoms with Gasteiger partial charge >= 0.3 is 0 Å². The lowest BCUT2D eigenvalue weighted by molar-refractivity contribution is -0.0587. The number of nitrogens with zero attached hydrogens (tertiary/aromatic N) is 3. The van der Waals surface area contributed by atoms with Crippen molar-refractivity contribution in [3.8, 4) is 11.5 Å². The fraction of sp³-hybridized carbons (Fsp3) is 0.364. The number of aromatic nitrogens is 2. The normalized spacial score (nSPS) is 20.7. The molecular weight excluding hydrogens is 423 g/mol. The number of morpholine rings is 1. The van der Waals surface area contributed by atoms with E-state index in [0.29, 0.717) is 47.5 Å². The van der Waals surface area contributed by atoms with Crippen LogP contribution in [0.4, 0.5) is 15.9 Å². The molecule has 0 saturated carbocycles. The Morgan fingerprint density at radius 2 is 1.97 bits per heavy atom. The summed E-state index contributed by atoms with van der Waals surface area (Å²) in [5.41, 5.74) is 1.31. The second-order valence-electron chi connectivity index (χ2n) is 7.76. The average molecular weight is 445 g/mol. The lowest BCUT2D eigenvalue weighted by Crippen LogP contribution is -2.44. The van der Waals surface area contributed by atoms with Gasteiger partial charge in [-0.05, 0) is 37.1 Å². The fourth-order valence-electron chi connectivity index (χ4n) is 4.11. The Bertz CT molecular complexity index is 1100. The van der Waals surface area contributed by atoms with E-state index in [1.54, 1.807) is 13.2 Å². The summed E-state index contributed by atoms with van der Waals surface area (Å²) < 4.78 is 31.0. The number of benzene rings is 2. The molecule has 162 valence electrons. The summed E-state index contributed by atoms with van der Waals surface area (Å²) in [5.74, 6) is 1.28. The third-order valence-electron chi connectivity index (χ3n) is 5.62. The van der Waals surface area contributed by atoms with Crippen LogP contribution in [0.15, 0.2) is 36.7 Å². The summed E-state index contributed by atoms with van der Waals surface area (Å²) in [6, 6.07) is 8.09. The molecule has 0 radical (unpaired) electrons. The maximum absolute atomic E-state index is 13.5. The van der Waals surface area contributed by atoms with Crippen molar-refractivity contribution in [3.63, 3.8) is 0 Å². The zero-order chi connectivity index (χ0) is 21.4. The number of rotatable bonds is 6. The van der Waals surface area contributed by atoms with E-state index in [0.717, 1.165) is 31.3 Å². The van der Waals surface area contributed by atoms with Gasteiger partial charge in [0.15, 0.2) is 11.5 Å². The summed E-state index contributed by atoms with van der Waals surface area (Å²) >= 11 is 5.91. The number of nitrogens with one attached hydrogen (secondary N) is 1. The predicted molar refractivity (Wildman–Crippen MR) is 116 cm³/mol. The lowest BCUT2D eigenvalue weighted by atomic mass is 10.2. The van der Waals surface area contributed by atoms with Crippen molar-refractivity contribution in [1.82, 2.24) is 14.9 Å². The van der Waals surface area contributed by atoms with Gasteiger partial charge in [-0.1, -0.05) is 11.6 Å². The standard InChI is InChI=1S/C22H22ClFN4O3/c1-29-20-8-19-16(7-21(20)30-12-28-9-14-3-4-15(10-28)31-14)22(26-11-25-19)27-13-2-5-18(24)17(23)6-13/h2,5-8,11,14-15H,3-4,9-10,12H2,1H3,(H,25,26,27). The molecule has 9 heteroatoms. The summed E-state index contributed by atoms with van der Waals surface area (Å²) in [6.45, 7) is 2.18. The minimum atomic E-state index is -0.475. The Labute approximate surface area is 184 Å². The van der Waals surface area contributed by atoms with Crippen molar-refractivity contribution in [2.24, 2.45) is 0 Å². The van der Waals surface area contributed by atoms with Crippen molar-refractivity contribution in [1.29, 1.82) is 0 Å². The minimum absolute atomic E-state index is 0.0357. The third-order valence-corrected chi connectivity index (χ3v) is 5.91. The summed E-state index contributed by atoms with van der Waals surface area (Å²) in [6.07, 6.45) is 4.28. The van der Waals surface area contributed by atoms with Crippen molar-refractivity contribution in [2.45, 2.75) is 25.0 Å². The summed E-state index contributed by atoms with van der Waals surface area (Å²) in [4.78, 5) is 11.0. The smallest absolute Gasteiger partial charge is 0.164 e. The first kappa shape index (κ1) is 20.2. The second kappa shape index (κ2) is 8.45. The van der Waals surface area contributed by atoms with Crippen molar-refractivity contribution in [3.05, 3.63) is 47.5 Å². The molecule has 1 N–H and O–H groups in total. The zero-order valence-corrected chi connectivity index (χ0v) is 17.7. The number of likely N-dealkylation sites (tertiary alicyclic amines) is 1. The average Bonchev–Trinajstić information content (AvgIpc) is 3.12. The molecule has 3 aromatic rings. The molecule has 31 heavy (non-hydrogen) atoms. The predicted octanol–water partition coefficient (Wildman–Crippen LogP) is 4.37. The molecule has 5 rings (SSSR count). The molecule has 7 nitrogen and oxygen atoms in total. The molecular formula is C22H22ClFN4O3. The highest BCUT2D eigenvalue weighted by Crippen LogP contribution is 2.35. The van der Waals surface area contributed by atoms with Crippen molar-refractivity contribution in [2.75, 3.05) is 32.2 Å². The van der Waals surface area contributed by atoms with Crippen LogP contribution in [-0.2, 0) is 4.74 Å². The van der Waals surface area contributed by atoms with Crippen molar-refractivity contribution >= 4 is 34.0 Å². The number of anilines is 2. The zero-order valence-electron chi connectivity index (χ0n) is 17.0. The molecule has 2 aliphatic rings. The molecule has 2 atom stereocenters. The van der Waals surface area contributed by atoms with E-state index in [2.05, 4.69) is 20.2 Å². The van der Waals surface area contributed by atoms with E-state index < -0.39 is 5.82 Å². The highest BCUT2D eigenvalue weighted by molar-refractivity contribution is 6.31. The number of hydrogen-bond acceptors (Lipinski definition) is 7. The molecule has 2 saturated heterocycles. The van der Waals surface area contributed by atoms with Gasteiger partial charge in [-0.3, -0.25) is 4.90 Å². The molecule has 2 unspecified atom stereocenters. The van der Waals surface area contributed by atoms with E-state index in [1.165, 1.54) is 18.5 Å². The summed E-state index contributed by atoms with van der Waals surface area (Å²) in [5, 5.41) is 3.97. The van der Waals surface area contributed by atoms with Crippen molar-refractivity contribution < 1.29 is 18.6 Å². The van der Waals surface area contributed by atoms with E-state index in [4.69, 9.17) is 25.8 Å². The first-order valence-electron chi connectivity index (χ1n) is 10.1. The number of ether oxygens (including phenoxy) is 3. The van der Waals surface area contributed by atoms with Gasteiger partial charge in [0.05, 0.1) is 29.9 Å². The van der Waals surface area contributed by atoms with Crippen LogP contribution in [-0.4, -0.2) is 54.0 Å². The van der Waals surface area contributed by atoms with Gasteiger partial charge in [0.1, 0.15) is 24.7 Å². The van der Waals surface area contributed by atoms with Gasteiger partial charge in [-0.25, -0.2) is 14.4 Å². The SMILES string of the molecule is COc1cc2ncnc(Nc3ccc(F)c(Cl)c3)c2cc1OCN1CC2CCC(C1)O2. The Hall–Kier alpha value is -2.68. The monoisotopic (exact) mass is 444 g/mol. The van der Waals surface area contributed by atoms with Crippen LogP contribution in [0, 0.1) is 5.82 Å². The molecule has 3 heterocycles. The van der Waals surface area contributed by atoms with Gasteiger partial charge in [0.25, 0.3) is 0 Å². The maximum Gasteiger partial charge on any atom is 0.164 e. The topological polar surface area (TPSA) is 68.7 Å². The highest BCUT2D eigenvalue weighted by atomic mass is 35.5. The molecule has 1 aromatic heterocycles. The molecule has 2 aromatic carbocycles. The van der Waals surface area contributed by atoms with Gasteiger partial charge in [0.2, 0.25) is 0 Å². The van der Waals surface area contributed by atoms with Gasteiger partial charge < -0.3 is 19.5 Å². The Morgan fingerprint density at radius 3 is 2.71 bits per heavy atom. The Kier molecular flexibility index (Phi) is 5.52. The number of methoxy groups -OCH3 is 1. The third kappa shape index (κ3) is 4.23. The molecule has 0 amide bonds. The molecule has 2 fully saturated rings. The number of fused-ring (bicyclic) bond motifs is 3. The second-order valence-corrected chi connectivity index (χ2v) is 8.17. The van der Waals surface area contributed by atoms with Gasteiger partial charge in [0, 0.05) is 30.2 Å². The maximum atomic E-state index is 13.5. The highest BCUT2D eigenvalue weighted by Gasteiger charge is 2.33. The fourth-order valence-corrected chi connectivity index (χ4v) is 4.29. The Balaban J connectivity index is 1.41. The lowest BCUT2D eigenvalue weighted by Gasteiger charge is -2.31. The van der Waals surface area contributed by atoms with Crippen LogP contribution in [0.1, 0.15) is 12.8 Å². The Morgan fingerprint density at radius 1 is 1.16 bits per heavy atom. The van der Waals surface area contributed by atoms with Crippen LogP contribution in [0.2, 0.25) is 5.02 Å². The van der Waals surface area contributed by atoms with Crippen LogP contribution < -0.4 is 14.8 Å². The van der Waals surface area contributed by atoms with Crippen LogP contribution in [0.5, 0.6) is 11.5 Å². The number of hydrogen-bond donors (Lipinski definition) is 1. The van der Waals surface area contributed by atoms with E-state index in [1.807, 2.05) is 12.1 Å². The van der Waals surface area contributed by atoms with Crippen LogP contribution >= 0.6 is 11.6 Å². The first-order valence-corrected chi connectivity index (χ1v) is 10.5.